The van der Waals surface area contributed by atoms with E-state index in [1.807, 2.05) is 6.92 Å². The van der Waals surface area contributed by atoms with Crippen LogP contribution in [0.25, 0.3) is 0 Å². The van der Waals surface area contributed by atoms with Crippen molar-refractivity contribution in [2.24, 2.45) is 0 Å². The molecule has 1 aromatic rings. The van der Waals surface area contributed by atoms with Gasteiger partial charge in [-0.1, -0.05) is 6.07 Å². The lowest BCUT2D eigenvalue weighted by molar-refractivity contribution is -0.148. The molecular formula is C15H19FN2O3. The van der Waals surface area contributed by atoms with E-state index in [1.54, 1.807) is 6.07 Å². The second-order valence-electron chi connectivity index (χ2n) is 5.44. The summed E-state index contributed by atoms with van der Waals surface area (Å²) in [5.74, 6) is -1.27. The van der Waals surface area contributed by atoms with Crippen LogP contribution in [0.1, 0.15) is 30.4 Å². The molecule has 3 N–H and O–H groups in total. The van der Waals surface area contributed by atoms with Crippen molar-refractivity contribution in [3.8, 4) is 0 Å². The maximum atomic E-state index is 13.0. The number of nitrogens with one attached hydrogen (secondary N) is 2. The highest BCUT2D eigenvalue weighted by molar-refractivity contribution is 5.87. The molecule has 1 aliphatic rings. The van der Waals surface area contributed by atoms with Crippen molar-refractivity contribution in [3.63, 3.8) is 0 Å². The standard InChI is InChI=1S/C15H19FN2O3/c1-10-9-12(16)4-3-11(10)5-8-17-14(21)18-15(13(19)20)6-2-7-15/h3-4,9H,2,5-8H2,1H3,(H,19,20)(H2,17,18,21). The Morgan fingerprint density at radius 1 is 1.38 bits per heavy atom. The fourth-order valence-corrected chi connectivity index (χ4v) is 2.43. The molecule has 1 aliphatic carbocycles. The monoisotopic (exact) mass is 294 g/mol. The minimum Gasteiger partial charge on any atom is -0.480 e. The molecule has 114 valence electrons. The Morgan fingerprint density at radius 3 is 2.62 bits per heavy atom. The molecule has 0 heterocycles. The molecule has 0 saturated heterocycles. The first-order valence-electron chi connectivity index (χ1n) is 6.97. The summed E-state index contributed by atoms with van der Waals surface area (Å²) in [5.41, 5.74) is 0.682. The van der Waals surface area contributed by atoms with Gasteiger partial charge in [0.05, 0.1) is 0 Å². The third-order valence-electron chi connectivity index (χ3n) is 3.95. The van der Waals surface area contributed by atoms with Gasteiger partial charge in [0, 0.05) is 6.54 Å². The van der Waals surface area contributed by atoms with Crippen LogP contribution >= 0.6 is 0 Å². The van der Waals surface area contributed by atoms with Crippen molar-refractivity contribution in [1.82, 2.24) is 10.6 Å². The normalized spacial score (nSPS) is 15.9. The van der Waals surface area contributed by atoms with Crippen molar-refractivity contribution in [2.75, 3.05) is 6.54 Å². The zero-order valence-corrected chi connectivity index (χ0v) is 11.9. The van der Waals surface area contributed by atoms with E-state index in [9.17, 15) is 14.0 Å². The molecule has 5 nitrogen and oxygen atoms in total. The van der Waals surface area contributed by atoms with E-state index in [4.69, 9.17) is 5.11 Å². The molecule has 6 heteroatoms. The average Bonchev–Trinajstić information content (AvgIpc) is 2.36. The van der Waals surface area contributed by atoms with Crippen LogP contribution in [0.2, 0.25) is 0 Å². The minimum absolute atomic E-state index is 0.282. The van der Waals surface area contributed by atoms with E-state index in [2.05, 4.69) is 10.6 Å². The molecule has 0 radical (unpaired) electrons. The first-order valence-corrected chi connectivity index (χ1v) is 6.97. The molecule has 1 fully saturated rings. The Kier molecular flexibility index (Phi) is 4.45. The lowest BCUT2D eigenvalue weighted by Gasteiger charge is -2.38. The number of urea groups is 1. The molecule has 0 aromatic heterocycles. The van der Waals surface area contributed by atoms with Crippen LogP contribution in [0.3, 0.4) is 0 Å². The number of hydrogen-bond donors (Lipinski definition) is 3. The Labute approximate surface area is 122 Å². The predicted molar refractivity (Wildman–Crippen MR) is 75.6 cm³/mol. The fourth-order valence-electron chi connectivity index (χ4n) is 2.43. The van der Waals surface area contributed by atoms with Gasteiger partial charge in [0.2, 0.25) is 0 Å². The molecule has 2 rings (SSSR count). The molecule has 1 aromatic carbocycles. The summed E-state index contributed by atoms with van der Waals surface area (Å²) in [7, 11) is 0. The number of carbonyl (C=O) groups is 2. The van der Waals surface area contributed by atoms with Crippen LogP contribution < -0.4 is 10.6 Å². The zero-order valence-electron chi connectivity index (χ0n) is 11.9. The molecule has 0 spiro atoms. The van der Waals surface area contributed by atoms with Gasteiger partial charge in [-0.2, -0.15) is 0 Å². The number of carbonyl (C=O) groups excluding carboxylic acids is 1. The first kappa shape index (κ1) is 15.3. The largest absolute Gasteiger partial charge is 0.480 e. The summed E-state index contributed by atoms with van der Waals surface area (Å²) in [4.78, 5) is 22.9. The van der Waals surface area contributed by atoms with Gasteiger partial charge in [-0.15, -0.1) is 0 Å². The second-order valence-corrected chi connectivity index (χ2v) is 5.44. The summed E-state index contributed by atoms with van der Waals surface area (Å²) in [5, 5.41) is 14.3. The molecule has 0 atom stereocenters. The number of carboxylic acid groups (broad SMARTS) is 1. The topological polar surface area (TPSA) is 78.4 Å². The summed E-state index contributed by atoms with van der Waals surface area (Å²) in [6.45, 7) is 2.18. The quantitative estimate of drug-likeness (QED) is 0.777. The number of amides is 2. The Bertz CT molecular complexity index is 556. The Hall–Kier alpha value is -2.11. The van der Waals surface area contributed by atoms with E-state index in [1.165, 1.54) is 12.1 Å². The van der Waals surface area contributed by atoms with Crippen molar-refractivity contribution >= 4 is 12.0 Å². The lowest BCUT2D eigenvalue weighted by atomic mass is 9.77. The van der Waals surface area contributed by atoms with Gasteiger partial charge >= 0.3 is 12.0 Å². The third kappa shape index (κ3) is 3.51. The summed E-state index contributed by atoms with van der Waals surface area (Å²) < 4.78 is 13.0. The van der Waals surface area contributed by atoms with Crippen LogP contribution in [0, 0.1) is 12.7 Å². The van der Waals surface area contributed by atoms with Crippen LogP contribution in [0.15, 0.2) is 18.2 Å². The number of carboxylic acids is 1. The molecule has 0 aliphatic heterocycles. The fraction of sp³-hybridized carbons (Fsp3) is 0.467. The number of aryl methyl sites for hydroxylation is 1. The highest BCUT2D eigenvalue weighted by Gasteiger charge is 2.45. The Morgan fingerprint density at radius 2 is 2.10 bits per heavy atom. The highest BCUT2D eigenvalue weighted by Crippen LogP contribution is 2.31. The van der Waals surface area contributed by atoms with E-state index in [-0.39, 0.29) is 5.82 Å². The molecule has 0 unspecified atom stereocenters. The molecule has 0 bridgehead atoms. The van der Waals surface area contributed by atoms with Crippen LogP contribution in [-0.4, -0.2) is 29.2 Å². The maximum Gasteiger partial charge on any atom is 0.329 e. The van der Waals surface area contributed by atoms with Gasteiger partial charge in [0.25, 0.3) is 0 Å². The van der Waals surface area contributed by atoms with Crippen molar-refractivity contribution < 1.29 is 19.1 Å². The number of rotatable bonds is 5. The Balaban J connectivity index is 1.80. The molecule has 21 heavy (non-hydrogen) atoms. The first-order chi connectivity index (χ1) is 9.93. The summed E-state index contributed by atoms with van der Waals surface area (Å²) in [6, 6.07) is 4.05. The van der Waals surface area contributed by atoms with Gasteiger partial charge in [0.1, 0.15) is 11.4 Å². The summed E-state index contributed by atoms with van der Waals surface area (Å²) in [6.07, 6.45) is 2.31. The third-order valence-corrected chi connectivity index (χ3v) is 3.95. The van der Waals surface area contributed by atoms with Gasteiger partial charge in [0.15, 0.2) is 0 Å². The van der Waals surface area contributed by atoms with E-state index < -0.39 is 17.5 Å². The van der Waals surface area contributed by atoms with Crippen molar-refractivity contribution in [2.45, 2.75) is 38.1 Å². The van der Waals surface area contributed by atoms with Crippen LogP contribution in [0.5, 0.6) is 0 Å². The van der Waals surface area contributed by atoms with E-state index in [0.717, 1.165) is 17.5 Å². The van der Waals surface area contributed by atoms with Gasteiger partial charge < -0.3 is 15.7 Å². The van der Waals surface area contributed by atoms with Crippen LogP contribution in [0.4, 0.5) is 9.18 Å². The van der Waals surface area contributed by atoms with Gasteiger partial charge in [-0.05, 0) is 55.9 Å². The van der Waals surface area contributed by atoms with Gasteiger partial charge in [-0.3, -0.25) is 0 Å². The van der Waals surface area contributed by atoms with Gasteiger partial charge in [-0.25, -0.2) is 14.0 Å². The summed E-state index contributed by atoms with van der Waals surface area (Å²) >= 11 is 0. The number of halogens is 1. The second kappa shape index (κ2) is 6.11. The average molecular weight is 294 g/mol. The molecular weight excluding hydrogens is 275 g/mol. The minimum atomic E-state index is -1.10. The number of benzene rings is 1. The molecule has 2 amide bonds. The number of aliphatic carboxylic acids is 1. The predicted octanol–water partition coefficient (Wildman–Crippen LogP) is 1.98. The maximum absolute atomic E-state index is 13.0. The van der Waals surface area contributed by atoms with Crippen molar-refractivity contribution in [1.29, 1.82) is 0 Å². The van der Waals surface area contributed by atoms with Crippen molar-refractivity contribution in [3.05, 3.63) is 35.1 Å². The number of hydrogen-bond acceptors (Lipinski definition) is 2. The molecule has 1 saturated carbocycles. The zero-order chi connectivity index (χ0) is 15.5. The van der Waals surface area contributed by atoms with E-state index in [0.29, 0.717) is 25.8 Å². The highest BCUT2D eigenvalue weighted by atomic mass is 19.1. The van der Waals surface area contributed by atoms with E-state index >= 15 is 0 Å². The smallest absolute Gasteiger partial charge is 0.329 e. The van der Waals surface area contributed by atoms with Crippen LogP contribution in [-0.2, 0) is 11.2 Å². The SMILES string of the molecule is Cc1cc(F)ccc1CCNC(=O)NC1(C(=O)O)CCC1. The lowest BCUT2D eigenvalue weighted by Crippen LogP contribution is -2.61.